The largest absolute Gasteiger partial charge is 0.361 e. The molecule has 3 N–H and O–H groups in total. The third-order valence-corrected chi connectivity index (χ3v) is 6.13. The lowest BCUT2D eigenvalue weighted by Gasteiger charge is -2.12. The Balaban J connectivity index is 1.59. The molecule has 0 fully saturated rings. The van der Waals surface area contributed by atoms with Gasteiger partial charge in [-0.3, -0.25) is 0 Å². The molecule has 0 amide bonds. The van der Waals surface area contributed by atoms with Crippen LogP contribution in [-0.4, -0.2) is 0 Å². The summed E-state index contributed by atoms with van der Waals surface area (Å²) < 4.78 is 0. The Kier molecular flexibility index (Phi) is 8.37. The summed E-state index contributed by atoms with van der Waals surface area (Å²) in [6.45, 7) is 21.0. The first-order valence-corrected chi connectivity index (χ1v) is 12.0. The van der Waals surface area contributed by atoms with E-state index in [1.54, 1.807) is 0 Å². The molecule has 3 rings (SSSR count). The fourth-order valence-corrected chi connectivity index (χ4v) is 3.87. The average Bonchev–Trinajstić information content (AvgIpc) is 3.56. The van der Waals surface area contributed by atoms with Crippen molar-refractivity contribution in [2.45, 2.75) is 47.0 Å². The van der Waals surface area contributed by atoms with Crippen LogP contribution >= 0.6 is 0 Å². The van der Waals surface area contributed by atoms with Crippen molar-refractivity contribution in [3.8, 4) is 0 Å². The van der Waals surface area contributed by atoms with E-state index in [4.69, 9.17) is 0 Å². The van der Waals surface area contributed by atoms with Crippen LogP contribution in [0.1, 0.15) is 49.4 Å². The fraction of sp³-hybridized carbons (Fsp3) is 0.226. The molecule has 0 spiro atoms. The zero-order valence-corrected chi connectivity index (χ0v) is 21.0. The second-order valence-electron chi connectivity index (χ2n) is 8.64. The van der Waals surface area contributed by atoms with Crippen LogP contribution in [0.25, 0.3) is 5.70 Å². The number of aryl methyl sites for hydroxylation is 2. The lowest BCUT2D eigenvalue weighted by Crippen LogP contribution is -2.08. The maximum absolute atomic E-state index is 4.26. The molecule has 176 valence electrons. The Bertz CT molecular complexity index is 1170. The summed E-state index contributed by atoms with van der Waals surface area (Å²) in [5.41, 5.74) is 12.3. The molecular weight excluding hydrogens is 414 g/mol. The van der Waals surface area contributed by atoms with Gasteiger partial charge in [-0.25, -0.2) is 0 Å². The molecule has 0 saturated carbocycles. The number of hydrogen-bond donors (Lipinski definition) is 3. The van der Waals surface area contributed by atoms with E-state index in [1.165, 1.54) is 33.6 Å². The van der Waals surface area contributed by atoms with Crippen molar-refractivity contribution in [1.29, 1.82) is 0 Å². The number of benzene rings is 2. The van der Waals surface area contributed by atoms with Gasteiger partial charge in [-0.2, -0.15) is 0 Å². The summed E-state index contributed by atoms with van der Waals surface area (Å²) >= 11 is 0. The summed E-state index contributed by atoms with van der Waals surface area (Å²) in [7, 11) is 0. The Hall–Kier alpha value is -3.72. The Morgan fingerprint density at radius 3 is 2.26 bits per heavy atom. The van der Waals surface area contributed by atoms with Crippen LogP contribution in [0.15, 0.2) is 109 Å². The molecule has 0 heterocycles. The summed E-state index contributed by atoms with van der Waals surface area (Å²) in [6, 6.07) is 14.8. The van der Waals surface area contributed by atoms with Gasteiger partial charge >= 0.3 is 0 Å². The second-order valence-corrected chi connectivity index (χ2v) is 8.64. The molecule has 0 atom stereocenters. The zero-order valence-electron chi connectivity index (χ0n) is 21.0. The van der Waals surface area contributed by atoms with E-state index in [-0.39, 0.29) is 0 Å². The SMILES string of the molecule is C=C/C(=C\C=C(/C)NC1=C(NC(=C)c2cccc(CC)c2C)C1)C(=C)Nc1ccc(CC)cc1. The van der Waals surface area contributed by atoms with E-state index in [1.807, 2.05) is 12.2 Å². The van der Waals surface area contributed by atoms with Gasteiger partial charge in [0.2, 0.25) is 0 Å². The standard InChI is InChI=1S/C31H37N3/c1-8-25-15-18-28(19-16-25)33-23(6)27(10-3)17-14-21(4)32-30-20-31(30)34-24(7)29-13-11-12-26(9-2)22(29)5/h10-19,32-34H,3,6-9,20H2,1-2,4-5H3/b21-14+,27-17+. The lowest BCUT2D eigenvalue weighted by atomic mass is 9.99. The molecule has 2 aromatic rings. The molecule has 3 nitrogen and oxygen atoms in total. The van der Waals surface area contributed by atoms with E-state index >= 15 is 0 Å². The minimum atomic E-state index is 0.817. The van der Waals surface area contributed by atoms with E-state index in [0.29, 0.717) is 0 Å². The van der Waals surface area contributed by atoms with Crippen LogP contribution in [0.3, 0.4) is 0 Å². The maximum atomic E-state index is 4.26. The molecule has 34 heavy (non-hydrogen) atoms. The summed E-state index contributed by atoms with van der Waals surface area (Å²) in [5.74, 6) is 0. The molecule has 1 aliphatic carbocycles. The van der Waals surface area contributed by atoms with Gasteiger partial charge in [0.15, 0.2) is 0 Å². The van der Waals surface area contributed by atoms with Gasteiger partial charge in [-0.1, -0.05) is 76.1 Å². The van der Waals surface area contributed by atoms with E-state index in [0.717, 1.165) is 47.6 Å². The van der Waals surface area contributed by atoms with Gasteiger partial charge in [0, 0.05) is 46.2 Å². The molecule has 1 aliphatic rings. The number of hydrogen-bond acceptors (Lipinski definition) is 3. The van der Waals surface area contributed by atoms with Crippen molar-refractivity contribution < 1.29 is 0 Å². The summed E-state index contributed by atoms with van der Waals surface area (Å²) in [6.07, 6.45) is 8.87. The summed E-state index contributed by atoms with van der Waals surface area (Å²) in [5, 5.41) is 10.3. The molecule has 0 saturated heterocycles. The highest BCUT2D eigenvalue weighted by molar-refractivity contribution is 5.68. The van der Waals surface area contributed by atoms with Gasteiger partial charge in [0.1, 0.15) is 0 Å². The van der Waals surface area contributed by atoms with E-state index in [9.17, 15) is 0 Å². The molecule has 0 radical (unpaired) electrons. The number of allylic oxidation sites excluding steroid dienone is 6. The smallest absolute Gasteiger partial charge is 0.0411 e. The second kappa shape index (κ2) is 11.4. The van der Waals surface area contributed by atoms with Crippen LogP contribution < -0.4 is 16.0 Å². The highest BCUT2D eigenvalue weighted by Gasteiger charge is 2.22. The molecular formula is C31H37N3. The molecule has 0 unspecified atom stereocenters. The van der Waals surface area contributed by atoms with Crippen LogP contribution in [0.5, 0.6) is 0 Å². The molecule has 0 aromatic heterocycles. The van der Waals surface area contributed by atoms with Crippen LogP contribution in [0, 0.1) is 6.92 Å². The molecule has 2 aromatic carbocycles. The van der Waals surface area contributed by atoms with Gasteiger partial charge in [0.05, 0.1) is 0 Å². The van der Waals surface area contributed by atoms with E-state index < -0.39 is 0 Å². The van der Waals surface area contributed by atoms with Crippen molar-refractivity contribution in [1.82, 2.24) is 10.6 Å². The first-order valence-electron chi connectivity index (χ1n) is 12.0. The normalized spacial score (nSPS) is 13.4. The third-order valence-electron chi connectivity index (χ3n) is 6.13. The number of nitrogens with one attached hydrogen (secondary N) is 3. The average molecular weight is 452 g/mol. The van der Waals surface area contributed by atoms with Gasteiger partial charge in [-0.05, 0) is 67.2 Å². The Labute approximate surface area is 205 Å². The van der Waals surface area contributed by atoms with Gasteiger partial charge < -0.3 is 16.0 Å². The maximum Gasteiger partial charge on any atom is 0.0411 e. The molecule has 3 heteroatoms. The first-order chi connectivity index (χ1) is 16.4. The van der Waals surface area contributed by atoms with Crippen molar-refractivity contribution in [2.75, 3.05) is 5.32 Å². The van der Waals surface area contributed by atoms with Crippen molar-refractivity contribution >= 4 is 11.4 Å². The highest BCUT2D eigenvalue weighted by atomic mass is 15.0. The minimum absolute atomic E-state index is 0.817. The zero-order chi connectivity index (χ0) is 24.7. The summed E-state index contributed by atoms with van der Waals surface area (Å²) in [4.78, 5) is 0. The number of rotatable bonds is 12. The first kappa shape index (κ1) is 24.9. The van der Waals surface area contributed by atoms with Crippen molar-refractivity contribution in [3.05, 3.63) is 131 Å². The Morgan fingerprint density at radius 2 is 1.62 bits per heavy atom. The van der Waals surface area contributed by atoms with Crippen molar-refractivity contribution in [3.63, 3.8) is 0 Å². The minimum Gasteiger partial charge on any atom is -0.361 e. The predicted molar refractivity (Wildman–Crippen MR) is 148 cm³/mol. The van der Waals surface area contributed by atoms with Crippen LogP contribution in [-0.2, 0) is 12.8 Å². The third kappa shape index (κ3) is 6.41. The topological polar surface area (TPSA) is 36.1 Å². The van der Waals surface area contributed by atoms with E-state index in [2.05, 4.69) is 112 Å². The highest BCUT2D eigenvalue weighted by Crippen LogP contribution is 2.30. The quantitative estimate of drug-likeness (QED) is 0.292. The monoisotopic (exact) mass is 451 g/mol. The van der Waals surface area contributed by atoms with Gasteiger partial charge in [0.25, 0.3) is 0 Å². The van der Waals surface area contributed by atoms with Crippen molar-refractivity contribution in [2.24, 2.45) is 0 Å². The van der Waals surface area contributed by atoms with Crippen LogP contribution in [0.2, 0.25) is 0 Å². The lowest BCUT2D eigenvalue weighted by molar-refractivity contribution is 1.00. The predicted octanol–water partition coefficient (Wildman–Crippen LogP) is 7.53. The van der Waals surface area contributed by atoms with Gasteiger partial charge in [-0.15, -0.1) is 0 Å². The Morgan fingerprint density at radius 1 is 0.912 bits per heavy atom. The van der Waals surface area contributed by atoms with Crippen LogP contribution in [0.4, 0.5) is 5.69 Å². The molecule has 0 bridgehead atoms. The molecule has 0 aliphatic heterocycles. The fourth-order valence-electron chi connectivity index (χ4n) is 3.87. The number of anilines is 1.